The summed E-state index contributed by atoms with van der Waals surface area (Å²) in [5, 5.41) is 3.51. The molecule has 3 rings (SSSR count). The molecule has 0 saturated carbocycles. The van der Waals surface area contributed by atoms with Gasteiger partial charge in [-0.05, 0) is 35.4 Å². The number of rotatable bonds is 4. The molecule has 0 atom stereocenters. The summed E-state index contributed by atoms with van der Waals surface area (Å²) in [4.78, 5) is 0. The molecule has 0 aliphatic heterocycles. The lowest BCUT2D eigenvalue weighted by molar-refractivity contribution is 0.286. The van der Waals surface area contributed by atoms with E-state index in [4.69, 9.17) is 9.47 Å². The Morgan fingerprint density at radius 3 is 2.60 bits per heavy atom. The smallest absolute Gasteiger partial charge is 0.161 e. The molecule has 0 radical (unpaired) electrons. The molecule has 1 heterocycles. The van der Waals surface area contributed by atoms with Gasteiger partial charge in [0.05, 0.1) is 7.11 Å². The van der Waals surface area contributed by atoms with Crippen molar-refractivity contribution in [2.24, 2.45) is 0 Å². The molecule has 0 saturated heterocycles. The maximum absolute atomic E-state index is 5.91. The molecular weight excluding hydrogens is 268 g/mol. The van der Waals surface area contributed by atoms with E-state index in [-0.39, 0.29) is 0 Å². The van der Waals surface area contributed by atoms with Crippen LogP contribution in [0, 0.1) is 6.92 Å². The number of fused-ring (bicyclic) bond motifs is 1. The first kappa shape index (κ1) is 13.0. The molecule has 0 N–H and O–H groups in total. The molecule has 0 spiro atoms. The lowest BCUT2D eigenvalue weighted by Crippen LogP contribution is -1.97. The van der Waals surface area contributed by atoms with Crippen molar-refractivity contribution in [3.05, 3.63) is 59.0 Å². The molecule has 0 unspecified atom stereocenters. The topological polar surface area (TPSA) is 18.5 Å². The molecule has 3 aromatic rings. The van der Waals surface area contributed by atoms with Crippen LogP contribution >= 0.6 is 11.3 Å². The fourth-order valence-corrected chi connectivity index (χ4v) is 3.31. The predicted molar refractivity (Wildman–Crippen MR) is 83.9 cm³/mol. The van der Waals surface area contributed by atoms with E-state index in [0.29, 0.717) is 6.61 Å². The molecule has 2 nitrogen and oxygen atoms in total. The third-order valence-electron chi connectivity index (χ3n) is 3.33. The summed E-state index contributed by atoms with van der Waals surface area (Å²) in [6.45, 7) is 2.70. The second-order valence-corrected chi connectivity index (χ2v) is 5.53. The first-order valence-electron chi connectivity index (χ1n) is 6.51. The largest absolute Gasteiger partial charge is 0.493 e. The summed E-state index contributed by atoms with van der Waals surface area (Å²) < 4.78 is 12.5. The highest BCUT2D eigenvalue weighted by molar-refractivity contribution is 7.17. The maximum atomic E-state index is 5.91. The summed E-state index contributed by atoms with van der Waals surface area (Å²) >= 11 is 1.77. The molecule has 0 bridgehead atoms. The van der Waals surface area contributed by atoms with Gasteiger partial charge in [-0.2, -0.15) is 0 Å². The first-order chi connectivity index (χ1) is 9.79. The van der Waals surface area contributed by atoms with E-state index in [9.17, 15) is 0 Å². The number of benzene rings is 2. The number of ether oxygens (including phenoxy) is 2. The van der Waals surface area contributed by atoms with Crippen molar-refractivity contribution in [1.29, 1.82) is 0 Å². The van der Waals surface area contributed by atoms with E-state index < -0.39 is 0 Å². The zero-order chi connectivity index (χ0) is 13.9. The van der Waals surface area contributed by atoms with Crippen LogP contribution < -0.4 is 9.47 Å². The Kier molecular flexibility index (Phi) is 3.61. The Labute approximate surface area is 122 Å². The number of methoxy groups -OCH3 is 1. The minimum Gasteiger partial charge on any atom is -0.493 e. The minimum absolute atomic E-state index is 0.553. The highest BCUT2D eigenvalue weighted by atomic mass is 32.1. The van der Waals surface area contributed by atoms with Crippen LogP contribution in [0.25, 0.3) is 10.1 Å². The molecule has 1 aromatic heterocycles. The number of aryl methyl sites for hydroxylation is 1. The normalized spacial score (nSPS) is 10.7. The maximum Gasteiger partial charge on any atom is 0.161 e. The lowest BCUT2D eigenvalue weighted by Gasteiger charge is -2.10. The molecule has 3 heteroatoms. The zero-order valence-corrected chi connectivity index (χ0v) is 12.4. The second kappa shape index (κ2) is 5.55. The van der Waals surface area contributed by atoms with Gasteiger partial charge < -0.3 is 9.47 Å². The molecule has 20 heavy (non-hydrogen) atoms. The van der Waals surface area contributed by atoms with Crippen LogP contribution in [-0.2, 0) is 6.61 Å². The van der Waals surface area contributed by atoms with Crippen LogP contribution in [0.3, 0.4) is 0 Å². The van der Waals surface area contributed by atoms with Gasteiger partial charge in [-0.15, -0.1) is 11.3 Å². The summed E-state index contributed by atoms with van der Waals surface area (Å²) in [6, 6.07) is 14.1. The molecule has 0 fully saturated rings. The van der Waals surface area contributed by atoms with Gasteiger partial charge >= 0.3 is 0 Å². The van der Waals surface area contributed by atoms with Crippen LogP contribution in [-0.4, -0.2) is 7.11 Å². The van der Waals surface area contributed by atoms with Crippen molar-refractivity contribution in [2.45, 2.75) is 13.5 Å². The van der Waals surface area contributed by atoms with Crippen molar-refractivity contribution in [3.8, 4) is 11.5 Å². The Morgan fingerprint density at radius 2 is 1.80 bits per heavy atom. The molecule has 0 aliphatic carbocycles. The van der Waals surface area contributed by atoms with Gasteiger partial charge in [0.15, 0.2) is 11.5 Å². The van der Waals surface area contributed by atoms with Crippen LogP contribution in [0.1, 0.15) is 11.1 Å². The monoisotopic (exact) mass is 284 g/mol. The Hall–Kier alpha value is -2.00. The molecular formula is C17H16O2S. The SMILES string of the molecule is COc1ccccc1OCc1cccc2c(C)csc12. The van der Waals surface area contributed by atoms with Crippen LogP contribution in [0.15, 0.2) is 47.8 Å². The summed E-state index contributed by atoms with van der Waals surface area (Å²) in [5.74, 6) is 1.54. The van der Waals surface area contributed by atoms with E-state index in [0.717, 1.165) is 11.5 Å². The highest BCUT2D eigenvalue weighted by Gasteiger charge is 2.07. The van der Waals surface area contributed by atoms with Crippen molar-refractivity contribution < 1.29 is 9.47 Å². The van der Waals surface area contributed by atoms with E-state index in [1.165, 1.54) is 21.2 Å². The molecule has 102 valence electrons. The first-order valence-corrected chi connectivity index (χ1v) is 7.39. The summed E-state index contributed by atoms with van der Waals surface area (Å²) in [6.07, 6.45) is 0. The Bertz CT molecular complexity index is 731. The van der Waals surface area contributed by atoms with Gasteiger partial charge in [0.1, 0.15) is 6.61 Å². The van der Waals surface area contributed by atoms with Crippen LogP contribution in [0.2, 0.25) is 0 Å². The van der Waals surface area contributed by atoms with Crippen LogP contribution in [0.4, 0.5) is 0 Å². The van der Waals surface area contributed by atoms with Gasteiger partial charge in [0, 0.05) is 10.3 Å². The summed E-state index contributed by atoms with van der Waals surface area (Å²) in [5.41, 5.74) is 2.54. The van der Waals surface area contributed by atoms with Crippen molar-refractivity contribution in [3.63, 3.8) is 0 Å². The quantitative estimate of drug-likeness (QED) is 0.685. The predicted octanol–water partition coefficient (Wildman–Crippen LogP) is 4.80. The number of para-hydroxylation sites is 2. The van der Waals surface area contributed by atoms with Crippen molar-refractivity contribution in [2.75, 3.05) is 7.11 Å². The average molecular weight is 284 g/mol. The fraction of sp³-hybridized carbons (Fsp3) is 0.176. The molecule has 2 aromatic carbocycles. The fourth-order valence-electron chi connectivity index (χ4n) is 2.25. The van der Waals surface area contributed by atoms with Crippen LogP contribution in [0.5, 0.6) is 11.5 Å². The Morgan fingerprint density at radius 1 is 1.00 bits per heavy atom. The average Bonchev–Trinajstić information content (AvgIpc) is 2.88. The van der Waals surface area contributed by atoms with E-state index in [1.807, 2.05) is 24.3 Å². The van der Waals surface area contributed by atoms with Gasteiger partial charge in [-0.1, -0.05) is 30.3 Å². The van der Waals surface area contributed by atoms with Crippen molar-refractivity contribution >= 4 is 21.4 Å². The number of hydrogen-bond acceptors (Lipinski definition) is 3. The minimum atomic E-state index is 0.553. The van der Waals surface area contributed by atoms with Gasteiger partial charge in [-0.25, -0.2) is 0 Å². The van der Waals surface area contributed by atoms with Crippen molar-refractivity contribution in [1.82, 2.24) is 0 Å². The molecule has 0 aliphatic rings. The van der Waals surface area contributed by atoms with E-state index in [2.05, 4.69) is 30.5 Å². The lowest BCUT2D eigenvalue weighted by atomic mass is 10.1. The van der Waals surface area contributed by atoms with E-state index in [1.54, 1.807) is 18.4 Å². The Balaban J connectivity index is 1.87. The van der Waals surface area contributed by atoms with Gasteiger partial charge in [0.2, 0.25) is 0 Å². The molecule has 0 amide bonds. The second-order valence-electron chi connectivity index (χ2n) is 4.65. The van der Waals surface area contributed by atoms with Gasteiger partial charge in [0.25, 0.3) is 0 Å². The third kappa shape index (κ3) is 2.37. The summed E-state index contributed by atoms with van der Waals surface area (Å²) in [7, 11) is 1.66. The standard InChI is InChI=1S/C17H16O2S/c1-12-11-20-17-13(6-5-7-14(12)17)10-19-16-9-4-3-8-15(16)18-2/h3-9,11H,10H2,1-2H3. The van der Waals surface area contributed by atoms with E-state index >= 15 is 0 Å². The third-order valence-corrected chi connectivity index (χ3v) is 4.52. The highest BCUT2D eigenvalue weighted by Crippen LogP contribution is 2.31. The van der Waals surface area contributed by atoms with Gasteiger partial charge in [-0.3, -0.25) is 0 Å². The number of thiophene rings is 1. The number of hydrogen-bond donors (Lipinski definition) is 0. The zero-order valence-electron chi connectivity index (χ0n) is 11.6.